The molecule has 1 unspecified atom stereocenters. The van der Waals surface area contributed by atoms with Gasteiger partial charge < -0.3 is 5.11 Å². The van der Waals surface area contributed by atoms with Gasteiger partial charge in [-0.15, -0.1) is 0 Å². The van der Waals surface area contributed by atoms with Crippen LogP contribution in [0.5, 0.6) is 0 Å². The predicted molar refractivity (Wildman–Crippen MR) is 45.2 cm³/mol. The van der Waals surface area contributed by atoms with Crippen molar-refractivity contribution in [1.29, 1.82) is 0 Å². The van der Waals surface area contributed by atoms with E-state index in [9.17, 15) is 5.11 Å². The lowest BCUT2D eigenvalue weighted by Gasteiger charge is -2.11. The number of halogens is 1. The lowest BCUT2D eigenvalue weighted by Crippen LogP contribution is -2.07. The lowest BCUT2D eigenvalue weighted by molar-refractivity contribution is 0.261. The molecule has 1 atom stereocenters. The second-order valence-corrected chi connectivity index (χ2v) is 2.64. The van der Waals surface area contributed by atoms with Crippen molar-refractivity contribution in [3.63, 3.8) is 0 Å². The number of hydrogen-bond acceptors (Lipinski definition) is 1. The summed E-state index contributed by atoms with van der Waals surface area (Å²) in [5.74, 6) is 0. The maximum Gasteiger partial charge on any atom is 0.0974 e. The van der Waals surface area contributed by atoms with Gasteiger partial charge in [0.15, 0.2) is 0 Å². The molecule has 1 rings (SSSR count). The van der Waals surface area contributed by atoms with Crippen molar-refractivity contribution in [1.82, 2.24) is 0 Å². The third-order valence-corrected chi connectivity index (χ3v) is 1.58. The molecular formula is C9H13FO. The highest BCUT2D eigenvalue weighted by atomic mass is 19.0. The molecule has 0 amide bonds. The van der Waals surface area contributed by atoms with E-state index in [0.717, 1.165) is 5.57 Å². The van der Waals surface area contributed by atoms with E-state index in [1.807, 2.05) is 32.1 Å². The first kappa shape index (κ1) is 10.1. The molecule has 0 saturated carbocycles. The lowest BCUT2D eigenvalue weighted by atomic mass is 10.0. The summed E-state index contributed by atoms with van der Waals surface area (Å²) in [4.78, 5) is 0. The molecular weight excluding hydrogens is 143 g/mol. The van der Waals surface area contributed by atoms with Crippen molar-refractivity contribution < 1.29 is 9.81 Å². The standard InChI is InChI=1S/C9H12O.FH/c1-7(2)8-5-3-4-6-9(8)10;/h3-6,9-10H,1-2H3;1H. The molecule has 0 heterocycles. The van der Waals surface area contributed by atoms with E-state index in [1.54, 1.807) is 6.08 Å². The molecule has 0 radical (unpaired) electrons. The van der Waals surface area contributed by atoms with Crippen LogP contribution in [0.2, 0.25) is 0 Å². The Kier molecular flexibility index (Phi) is 3.76. The number of aliphatic hydroxyl groups is 1. The van der Waals surface area contributed by atoms with Crippen LogP contribution < -0.4 is 0 Å². The fraction of sp³-hybridized carbons (Fsp3) is 0.333. The normalized spacial score (nSPS) is 21.4. The first-order valence-electron chi connectivity index (χ1n) is 3.42. The Labute approximate surface area is 66.1 Å². The Balaban J connectivity index is 0.000001000. The quantitative estimate of drug-likeness (QED) is 0.568. The molecule has 62 valence electrons. The topological polar surface area (TPSA) is 20.2 Å². The summed E-state index contributed by atoms with van der Waals surface area (Å²) in [7, 11) is 0. The number of rotatable bonds is 0. The number of aliphatic hydroxyl groups excluding tert-OH is 1. The molecule has 1 nitrogen and oxygen atoms in total. The van der Waals surface area contributed by atoms with Gasteiger partial charge in [-0.25, -0.2) is 0 Å². The Hall–Kier alpha value is -0.890. The van der Waals surface area contributed by atoms with Gasteiger partial charge in [0.2, 0.25) is 0 Å². The van der Waals surface area contributed by atoms with E-state index in [1.165, 1.54) is 5.57 Å². The van der Waals surface area contributed by atoms with Crippen molar-refractivity contribution in [3.8, 4) is 0 Å². The van der Waals surface area contributed by atoms with Gasteiger partial charge in [0, 0.05) is 0 Å². The van der Waals surface area contributed by atoms with E-state index in [-0.39, 0.29) is 4.70 Å². The van der Waals surface area contributed by atoms with E-state index >= 15 is 0 Å². The Morgan fingerprint density at radius 1 is 1.36 bits per heavy atom. The third kappa shape index (κ3) is 2.31. The predicted octanol–water partition coefficient (Wildman–Crippen LogP) is 1.96. The largest absolute Gasteiger partial charge is 0.384 e. The summed E-state index contributed by atoms with van der Waals surface area (Å²) >= 11 is 0. The minimum absolute atomic E-state index is 0. The molecule has 2 heteroatoms. The highest BCUT2D eigenvalue weighted by Gasteiger charge is 2.06. The molecule has 0 aliphatic heterocycles. The van der Waals surface area contributed by atoms with Gasteiger partial charge >= 0.3 is 0 Å². The molecule has 1 N–H and O–H groups in total. The fourth-order valence-electron chi connectivity index (χ4n) is 0.993. The maximum absolute atomic E-state index is 9.34. The van der Waals surface area contributed by atoms with Gasteiger partial charge in [0.05, 0.1) is 6.10 Å². The second kappa shape index (κ2) is 4.09. The molecule has 1 aliphatic rings. The first-order valence-corrected chi connectivity index (χ1v) is 3.42. The van der Waals surface area contributed by atoms with E-state index in [2.05, 4.69) is 0 Å². The summed E-state index contributed by atoms with van der Waals surface area (Å²) in [5, 5.41) is 9.34. The molecule has 11 heavy (non-hydrogen) atoms. The molecule has 0 aromatic heterocycles. The van der Waals surface area contributed by atoms with E-state index < -0.39 is 6.10 Å². The van der Waals surface area contributed by atoms with Crippen LogP contribution in [0.1, 0.15) is 13.8 Å². The maximum atomic E-state index is 9.34. The van der Waals surface area contributed by atoms with Crippen molar-refractivity contribution in [2.24, 2.45) is 0 Å². The van der Waals surface area contributed by atoms with Crippen LogP contribution in [0.15, 0.2) is 35.5 Å². The van der Waals surface area contributed by atoms with Crippen molar-refractivity contribution >= 4 is 0 Å². The average molecular weight is 156 g/mol. The van der Waals surface area contributed by atoms with Crippen LogP contribution in [-0.4, -0.2) is 11.2 Å². The molecule has 0 bridgehead atoms. The van der Waals surface area contributed by atoms with Crippen LogP contribution in [0.4, 0.5) is 4.70 Å². The molecule has 0 aromatic carbocycles. The van der Waals surface area contributed by atoms with Gasteiger partial charge in [-0.3, -0.25) is 4.70 Å². The monoisotopic (exact) mass is 156 g/mol. The van der Waals surface area contributed by atoms with Gasteiger partial charge in [0.25, 0.3) is 0 Å². The van der Waals surface area contributed by atoms with Crippen molar-refractivity contribution in [2.45, 2.75) is 20.0 Å². The molecule has 1 aliphatic carbocycles. The number of allylic oxidation sites excluding steroid dienone is 3. The van der Waals surface area contributed by atoms with Gasteiger partial charge in [-0.05, 0) is 19.4 Å². The zero-order valence-electron chi connectivity index (χ0n) is 6.74. The van der Waals surface area contributed by atoms with Crippen LogP contribution in [0.25, 0.3) is 0 Å². The molecule has 0 aromatic rings. The summed E-state index contributed by atoms with van der Waals surface area (Å²) in [6.45, 7) is 4.00. The fourth-order valence-corrected chi connectivity index (χ4v) is 0.993. The summed E-state index contributed by atoms with van der Waals surface area (Å²) in [6, 6.07) is 0. The SMILES string of the molecule is CC(C)=C1C=CC=CC1O.F. The zero-order valence-corrected chi connectivity index (χ0v) is 6.74. The zero-order chi connectivity index (χ0) is 7.56. The smallest absolute Gasteiger partial charge is 0.0974 e. The molecule has 0 spiro atoms. The summed E-state index contributed by atoms with van der Waals surface area (Å²) in [5.41, 5.74) is 2.19. The molecule has 0 fully saturated rings. The highest BCUT2D eigenvalue weighted by Crippen LogP contribution is 2.14. The van der Waals surface area contributed by atoms with Gasteiger partial charge in [-0.1, -0.05) is 29.9 Å². The Bertz CT molecular complexity index is 210. The van der Waals surface area contributed by atoms with Crippen LogP contribution in [0, 0.1) is 0 Å². The third-order valence-electron chi connectivity index (χ3n) is 1.58. The van der Waals surface area contributed by atoms with Crippen molar-refractivity contribution in [3.05, 3.63) is 35.5 Å². The van der Waals surface area contributed by atoms with E-state index in [0.29, 0.717) is 0 Å². The van der Waals surface area contributed by atoms with Gasteiger partial charge in [-0.2, -0.15) is 0 Å². The van der Waals surface area contributed by atoms with Gasteiger partial charge in [0.1, 0.15) is 0 Å². The highest BCUT2D eigenvalue weighted by molar-refractivity contribution is 5.36. The van der Waals surface area contributed by atoms with Crippen molar-refractivity contribution in [2.75, 3.05) is 0 Å². The van der Waals surface area contributed by atoms with E-state index in [4.69, 9.17) is 0 Å². The second-order valence-electron chi connectivity index (χ2n) is 2.64. The minimum atomic E-state index is -0.394. The first-order chi connectivity index (χ1) is 4.72. The summed E-state index contributed by atoms with van der Waals surface area (Å²) in [6.07, 6.45) is 7.13. The van der Waals surface area contributed by atoms with Crippen LogP contribution in [0.3, 0.4) is 0 Å². The molecule has 0 saturated heterocycles. The van der Waals surface area contributed by atoms with Crippen LogP contribution >= 0.6 is 0 Å². The Morgan fingerprint density at radius 2 is 2.00 bits per heavy atom. The average Bonchev–Trinajstić information content (AvgIpc) is 1.88. The number of hydrogen-bond donors (Lipinski definition) is 1. The minimum Gasteiger partial charge on any atom is -0.384 e. The Morgan fingerprint density at radius 3 is 2.36 bits per heavy atom. The summed E-state index contributed by atoms with van der Waals surface area (Å²) < 4.78 is 0. The van der Waals surface area contributed by atoms with Crippen LogP contribution in [-0.2, 0) is 0 Å².